The van der Waals surface area contributed by atoms with Crippen molar-refractivity contribution in [1.82, 2.24) is 3.30 Å². The van der Waals surface area contributed by atoms with Crippen molar-refractivity contribution in [2.75, 3.05) is 0 Å². The quantitative estimate of drug-likeness (QED) is 0.491. The summed E-state index contributed by atoms with van der Waals surface area (Å²) in [7, 11) is -1.33. The fraction of sp³-hybridized carbons (Fsp3) is 0.762. The first-order valence-corrected chi connectivity index (χ1v) is 30.7. The molecule has 2 nitrogen and oxygen atoms in total. The molecule has 137 valence electrons. The number of hydrogen-bond acceptors (Lipinski definition) is 1. The molecule has 0 aromatic rings. The molecule has 4 heteroatoms. The minimum absolute atomic E-state index is 0.0639. The van der Waals surface area contributed by atoms with Crippen LogP contribution in [0.3, 0.4) is 0 Å². The van der Waals surface area contributed by atoms with Gasteiger partial charge in [-0.15, -0.1) is 0 Å². The predicted octanol–water partition coefficient (Wildman–Crippen LogP) is 4.71. The third-order valence-corrected chi connectivity index (χ3v) is 46.8. The van der Waals surface area contributed by atoms with E-state index in [-0.39, 0.29) is 5.41 Å². The van der Waals surface area contributed by atoms with Gasteiger partial charge in [-0.05, 0) is 0 Å². The number of amides is 1. The molecule has 25 heavy (non-hydrogen) atoms. The van der Waals surface area contributed by atoms with E-state index in [0.29, 0.717) is 11.8 Å². The molecule has 0 heterocycles. The maximum absolute atomic E-state index is 13.6. The van der Waals surface area contributed by atoms with Gasteiger partial charge in [-0.2, -0.15) is 0 Å². The van der Waals surface area contributed by atoms with Crippen molar-refractivity contribution in [2.24, 2.45) is 29.1 Å². The van der Waals surface area contributed by atoms with Crippen molar-refractivity contribution in [1.29, 1.82) is 0 Å². The molecule has 0 saturated heterocycles. The molecule has 3 atom stereocenters. The molecule has 1 N–H and O–H groups in total. The van der Waals surface area contributed by atoms with Crippen molar-refractivity contribution in [3.63, 3.8) is 0 Å². The molecule has 0 aliphatic heterocycles. The SMILES string of the molecule is CC1=C(C)C(C)[C]([Hf]([NH]C(=O)C23CC4CC(CC2C4)C3)[GeH]([CH3])[CH3])=C1C. The van der Waals surface area contributed by atoms with E-state index in [4.69, 9.17) is 0 Å². The fourth-order valence-corrected chi connectivity index (χ4v) is 42.7. The molecule has 0 radical (unpaired) electrons. The van der Waals surface area contributed by atoms with Gasteiger partial charge in [-0.1, -0.05) is 0 Å². The Morgan fingerprint density at radius 3 is 2.16 bits per heavy atom. The van der Waals surface area contributed by atoms with Gasteiger partial charge in [0.1, 0.15) is 0 Å². The van der Waals surface area contributed by atoms with E-state index in [1.165, 1.54) is 37.7 Å². The Kier molecular flexibility index (Phi) is 4.84. The molecule has 4 fully saturated rings. The van der Waals surface area contributed by atoms with Gasteiger partial charge in [-0.25, -0.2) is 0 Å². The Labute approximate surface area is 163 Å². The zero-order chi connectivity index (χ0) is 18.1. The first-order chi connectivity index (χ1) is 11.7. The van der Waals surface area contributed by atoms with Gasteiger partial charge in [0.2, 0.25) is 0 Å². The zero-order valence-corrected chi connectivity index (χ0v) is 22.8. The van der Waals surface area contributed by atoms with Gasteiger partial charge in [-0.3, -0.25) is 0 Å². The van der Waals surface area contributed by atoms with Crippen LogP contribution in [0.15, 0.2) is 20.0 Å². The van der Waals surface area contributed by atoms with E-state index in [1.54, 1.807) is 14.5 Å². The summed E-state index contributed by atoms with van der Waals surface area (Å²) in [6.45, 7) is 9.34. The van der Waals surface area contributed by atoms with Crippen LogP contribution in [0.4, 0.5) is 0 Å². The molecular formula is C21H34GeHfNO. The third-order valence-electron chi connectivity index (χ3n) is 8.20. The summed E-state index contributed by atoms with van der Waals surface area (Å²) >= 11 is -2.20. The van der Waals surface area contributed by atoms with Crippen LogP contribution in [0.1, 0.15) is 59.8 Å². The second kappa shape index (κ2) is 6.46. The first kappa shape index (κ1) is 18.7. The number of carbonyl (C=O) groups excluding carboxylic acids is 1. The van der Waals surface area contributed by atoms with Crippen LogP contribution < -0.4 is 3.30 Å². The van der Waals surface area contributed by atoms with Crippen LogP contribution in [-0.4, -0.2) is 16.5 Å². The molecule has 5 rings (SSSR count). The second-order valence-corrected chi connectivity index (χ2v) is 51.9. The summed E-state index contributed by atoms with van der Waals surface area (Å²) < 4.78 is 5.64. The normalized spacial score (nSPS) is 39.2. The van der Waals surface area contributed by atoms with Gasteiger partial charge in [0.05, 0.1) is 0 Å². The molecule has 4 bridgehead atoms. The van der Waals surface area contributed by atoms with Crippen LogP contribution in [0.25, 0.3) is 0 Å². The summed E-state index contributed by atoms with van der Waals surface area (Å²) in [5.41, 5.74) is 4.70. The number of allylic oxidation sites excluding steroid dienone is 4. The number of carbonyl (C=O) groups is 1. The average molecular weight is 568 g/mol. The van der Waals surface area contributed by atoms with Gasteiger partial charge < -0.3 is 0 Å². The summed E-state index contributed by atoms with van der Waals surface area (Å²) in [6.07, 6.45) is 6.56. The number of nitrogens with one attached hydrogen (secondary N) is 1. The Hall–Kier alpha value is 0.363. The molecule has 5 aliphatic rings. The summed E-state index contributed by atoms with van der Waals surface area (Å²) in [5, 5.41) is 0. The monoisotopic (exact) mass is 570 g/mol. The molecule has 5 aliphatic carbocycles. The van der Waals surface area contributed by atoms with Crippen LogP contribution >= 0.6 is 0 Å². The summed E-state index contributed by atoms with van der Waals surface area (Å²) in [6, 6.07) is 0. The molecule has 4 saturated carbocycles. The van der Waals surface area contributed by atoms with Crippen LogP contribution in [-0.2, 0) is 24.0 Å². The third kappa shape index (κ3) is 2.77. The average Bonchev–Trinajstić information content (AvgIpc) is 3.04. The fourth-order valence-electron chi connectivity index (χ4n) is 6.74. The second-order valence-electron chi connectivity index (χ2n) is 9.79. The molecule has 0 aromatic carbocycles. The van der Waals surface area contributed by atoms with Gasteiger partial charge in [0.25, 0.3) is 0 Å². The Morgan fingerprint density at radius 2 is 1.68 bits per heavy atom. The van der Waals surface area contributed by atoms with E-state index >= 15 is 0 Å². The van der Waals surface area contributed by atoms with Gasteiger partial charge >= 0.3 is 164 Å². The predicted molar refractivity (Wildman–Crippen MR) is 103 cm³/mol. The Morgan fingerprint density at radius 1 is 1.08 bits per heavy atom. The van der Waals surface area contributed by atoms with Gasteiger partial charge in [0, 0.05) is 0 Å². The van der Waals surface area contributed by atoms with E-state index in [9.17, 15) is 4.79 Å². The van der Waals surface area contributed by atoms with Crippen molar-refractivity contribution < 1.29 is 24.0 Å². The molecule has 3 unspecified atom stereocenters. The molecule has 0 spiro atoms. The van der Waals surface area contributed by atoms with Gasteiger partial charge in [0.15, 0.2) is 0 Å². The first-order valence-electron chi connectivity index (χ1n) is 10.3. The van der Waals surface area contributed by atoms with Crippen LogP contribution in [0, 0.1) is 29.1 Å². The Balaban J connectivity index is 1.59. The molecular weight excluding hydrogens is 533 g/mol. The topological polar surface area (TPSA) is 29.1 Å². The zero-order valence-electron chi connectivity index (χ0n) is 16.8. The van der Waals surface area contributed by atoms with Crippen molar-refractivity contribution in [3.8, 4) is 0 Å². The van der Waals surface area contributed by atoms with Crippen LogP contribution in [0.5, 0.6) is 0 Å². The van der Waals surface area contributed by atoms with Crippen molar-refractivity contribution >= 4 is 16.5 Å². The Bertz CT molecular complexity index is 665. The number of hydrogen-bond donors (Lipinski definition) is 1. The standard InChI is InChI=1S/C10H15NO.C9H13.C2H7Ge.Hf/c11-9(12)10-4-6-1-7(5-10)3-8(10)2-6;1-6-5-7(2)9(4)8(6)3;1-3-2;/h6-8H,1-5H2,(H2,11,12);6H,1-4H3;3H,1-2H3;/q;;;+1/p-1. The molecule has 1 amide bonds. The van der Waals surface area contributed by atoms with E-state index in [1.807, 2.05) is 0 Å². The number of rotatable bonds is 4. The van der Waals surface area contributed by atoms with Crippen LogP contribution in [0.2, 0.25) is 11.5 Å². The molecule has 0 aromatic heterocycles. The van der Waals surface area contributed by atoms with E-state index in [0.717, 1.165) is 17.8 Å². The summed E-state index contributed by atoms with van der Waals surface area (Å²) in [5.74, 6) is 8.68. The van der Waals surface area contributed by atoms with Crippen molar-refractivity contribution in [3.05, 3.63) is 20.0 Å². The summed E-state index contributed by atoms with van der Waals surface area (Å²) in [4.78, 5) is 13.6. The van der Waals surface area contributed by atoms with Crippen molar-refractivity contribution in [2.45, 2.75) is 71.3 Å². The minimum atomic E-state index is -2.20. The maximum atomic E-state index is 13.6. The van der Waals surface area contributed by atoms with E-state index < -0.39 is 29.9 Å². The van der Waals surface area contributed by atoms with E-state index in [2.05, 4.69) is 42.5 Å².